The van der Waals surface area contributed by atoms with Crippen LogP contribution in [0, 0.1) is 0 Å². The molecule has 0 bridgehead atoms. The van der Waals surface area contributed by atoms with Gasteiger partial charge in [0.25, 0.3) is 11.5 Å². The number of nitrogens with zero attached hydrogens (tertiary/aromatic N) is 1. The Morgan fingerprint density at radius 3 is 2.42 bits per heavy atom. The molecule has 0 atom stereocenters. The van der Waals surface area contributed by atoms with Crippen LogP contribution >= 0.6 is 0 Å². The van der Waals surface area contributed by atoms with Crippen molar-refractivity contribution in [3.05, 3.63) is 94.9 Å². The lowest BCUT2D eigenvalue weighted by molar-refractivity contribution is 0.102. The third kappa shape index (κ3) is 2.98. The molecular formula is C21H15N3O2. The molecule has 0 saturated carbocycles. The Morgan fingerprint density at radius 1 is 0.885 bits per heavy atom. The van der Waals surface area contributed by atoms with Crippen LogP contribution in [0.4, 0.5) is 5.69 Å². The highest BCUT2D eigenvalue weighted by molar-refractivity contribution is 6.08. The second kappa shape index (κ2) is 6.64. The number of fused-ring (bicyclic) bond motifs is 1. The summed E-state index contributed by atoms with van der Waals surface area (Å²) in [6.45, 7) is 0. The summed E-state index contributed by atoms with van der Waals surface area (Å²) >= 11 is 0. The standard InChI is InChI=1S/C21H15N3O2/c25-20(23-18-12-6-10-14-7-4-5-11-16(14)18)17-13-22-19(24-21(17)26)15-8-2-1-3-9-15/h1-13H,(H,23,25)(H,22,24,26). The van der Waals surface area contributed by atoms with Gasteiger partial charge in [0.1, 0.15) is 11.4 Å². The molecule has 0 fully saturated rings. The van der Waals surface area contributed by atoms with Crippen molar-refractivity contribution >= 4 is 22.4 Å². The van der Waals surface area contributed by atoms with Crippen LogP contribution in [0.3, 0.4) is 0 Å². The Balaban J connectivity index is 1.65. The lowest BCUT2D eigenvalue weighted by atomic mass is 10.1. The molecule has 3 aromatic carbocycles. The van der Waals surface area contributed by atoms with Crippen molar-refractivity contribution < 1.29 is 4.79 Å². The maximum atomic E-state index is 12.6. The zero-order chi connectivity index (χ0) is 17.9. The molecule has 1 heterocycles. The first-order valence-electron chi connectivity index (χ1n) is 8.16. The van der Waals surface area contributed by atoms with Crippen LogP contribution in [0.5, 0.6) is 0 Å². The average Bonchev–Trinajstić information content (AvgIpc) is 2.69. The third-order valence-corrected chi connectivity index (χ3v) is 4.13. The molecule has 0 aliphatic heterocycles. The van der Waals surface area contributed by atoms with Crippen molar-refractivity contribution in [3.63, 3.8) is 0 Å². The Bertz CT molecular complexity index is 1150. The smallest absolute Gasteiger partial charge is 0.264 e. The van der Waals surface area contributed by atoms with Gasteiger partial charge in [0, 0.05) is 22.8 Å². The number of carbonyl (C=O) groups excluding carboxylic acids is 1. The molecule has 0 radical (unpaired) electrons. The summed E-state index contributed by atoms with van der Waals surface area (Å²) in [4.78, 5) is 31.8. The minimum atomic E-state index is -0.491. The fraction of sp³-hybridized carbons (Fsp3) is 0. The van der Waals surface area contributed by atoms with Gasteiger partial charge in [-0.2, -0.15) is 0 Å². The first kappa shape index (κ1) is 15.8. The van der Waals surface area contributed by atoms with Crippen LogP contribution in [0.15, 0.2) is 83.8 Å². The summed E-state index contributed by atoms with van der Waals surface area (Å²) in [6, 6.07) is 22.6. The number of anilines is 1. The highest BCUT2D eigenvalue weighted by atomic mass is 16.2. The van der Waals surface area contributed by atoms with Crippen LogP contribution in [-0.2, 0) is 0 Å². The number of carbonyl (C=O) groups is 1. The van der Waals surface area contributed by atoms with Crippen molar-refractivity contribution in [3.8, 4) is 11.4 Å². The monoisotopic (exact) mass is 341 g/mol. The van der Waals surface area contributed by atoms with Crippen molar-refractivity contribution in [1.29, 1.82) is 0 Å². The van der Waals surface area contributed by atoms with Gasteiger partial charge in [-0.3, -0.25) is 9.59 Å². The van der Waals surface area contributed by atoms with Gasteiger partial charge in [0.2, 0.25) is 0 Å². The highest BCUT2D eigenvalue weighted by Gasteiger charge is 2.14. The predicted octanol–water partition coefficient (Wildman–Crippen LogP) is 3.84. The molecule has 26 heavy (non-hydrogen) atoms. The molecule has 2 N–H and O–H groups in total. The number of hydrogen-bond donors (Lipinski definition) is 2. The number of aromatic amines is 1. The normalized spacial score (nSPS) is 10.6. The Morgan fingerprint density at radius 2 is 1.62 bits per heavy atom. The van der Waals surface area contributed by atoms with Gasteiger partial charge in [-0.25, -0.2) is 4.98 Å². The van der Waals surface area contributed by atoms with Gasteiger partial charge < -0.3 is 10.3 Å². The van der Waals surface area contributed by atoms with Crippen LogP contribution in [0.25, 0.3) is 22.2 Å². The molecule has 1 amide bonds. The molecule has 0 aliphatic rings. The van der Waals surface area contributed by atoms with Gasteiger partial charge in [-0.15, -0.1) is 0 Å². The van der Waals surface area contributed by atoms with E-state index in [0.29, 0.717) is 11.5 Å². The van der Waals surface area contributed by atoms with Gasteiger partial charge in [-0.05, 0) is 11.5 Å². The van der Waals surface area contributed by atoms with Gasteiger partial charge in [-0.1, -0.05) is 66.7 Å². The topological polar surface area (TPSA) is 74.8 Å². The number of nitrogens with one attached hydrogen (secondary N) is 2. The van der Waals surface area contributed by atoms with Gasteiger partial charge in [0.05, 0.1) is 0 Å². The van der Waals surface area contributed by atoms with E-state index in [9.17, 15) is 9.59 Å². The molecule has 4 aromatic rings. The summed E-state index contributed by atoms with van der Waals surface area (Å²) < 4.78 is 0. The quantitative estimate of drug-likeness (QED) is 0.594. The number of H-pyrrole nitrogens is 1. The van der Waals surface area contributed by atoms with E-state index in [2.05, 4.69) is 15.3 Å². The van der Waals surface area contributed by atoms with Crippen molar-refractivity contribution in [1.82, 2.24) is 9.97 Å². The average molecular weight is 341 g/mol. The van der Waals surface area contributed by atoms with Gasteiger partial charge in [0.15, 0.2) is 0 Å². The largest absolute Gasteiger partial charge is 0.321 e. The third-order valence-electron chi connectivity index (χ3n) is 4.13. The Labute approximate surface area is 149 Å². The zero-order valence-corrected chi connectivity index (χ0v) is 13.8. The predicted molar refractivity (Wildman–Crippen MR) is 102 cm³/mol. The fourth-order valence-electron chi connectivity index (χ4n) is 2.82. The summed E-state index contributed by atoms with van der Waals surface area (Å²) in [5.74, 6) is -0.0629. The van der Waals surface area contributed by atoms with E-state index in [0.717, 1.165) is 16.3 Å². The van der Waals surface area contributed by atoms with Crippen LogP contribution in [0.2, 0.25) is 0 Å². The van der Waals surface area contributed by atoms with Crippen LogP contribution < -0.4 is 10.9 Å². The lowest BCUT2D eigenvalue weighted by Crippen LogP contribution is -2.24. The van der Waals surface area contributed by atoms with Crippen molar-refractivity contribution in [2.75, 3.05) is 5.32 Å². The van der Waals surface area contributed by atoms with Crippen molar-refractivity contribution in [2.24, 2.45) is 0 Å². The molecule has 5 nitrogen and oxygen atoms in total. The molecule has 4 rings (SSSR count). The molecule has 5 heteroatoms. The summed E-state index contributed by atoms with van der Waals surface area (Å²) in [5.41, 5.74) is 0.930. The molecule has 0 aliphatic carbocycles. The van der Waals surface area contributed by atoms with E-state index in [1.807, 2.05) is 66.7 Å². The summed E-state index contributed by atoms with van der Waals surface area (Å²) in [6.07, 6.45) is 1.31. The van der Waals surface area contributed by atoms with E-state index >= 15 is 0 Å². The molecule has 126 valence electrons. The molecule has 0 spiro atoms. The summed E-state index contributed by atoms with van der Waals surface area (Å²) in [7, 11) is 0. The molecule has 1 aromatic heterocycles. The molecule has 0 saturated heterocycles. The van der Waals surface area contributed by atoms with Crippen LogP contribution in [0.1, 0.15) is 10.4 Å². The minimum absolute atomic E-state index is 0.0300. The molecular weight excluding hydrogens is 326 g/mol. The summed E-state index contributed by atoms with van der Waals surface area (Å²) in [5, 5.41) is 4.72. The second-order valence-corrected chi connectivity index (χ2v) is 5.82. The van der Waals surface area contributed by atoms with Crippen LogP contribution in [-0.4, -0.2) is 15.9 Å². The number of hydrogen-bond acceptors (Lipinski definition) is 3. The Hall–Kier alpha value is -3.73. The number of amides is 1. The van der Waals surface area contributed by atoms with Gasteiger partial charge >= 0.3 is 0 Å². The number of rotatable bonds is 3. The molecule has 0 unspecified atom stereocenters. The lowest BCUT2D eigenvalue weighted by Gasteiger charge is -2.08. The number of aromatic nitrogens is 2. The van der Waals surface area contributed by atoms with E-state index in [1.165, 1.54) is 6.20 Å². The number of benzene rings is 3. The second-order valence-electron chi connectivity index (χ2n) is 5.82. The first-order chi connectivity index (χ1) is 12.7. The SMILES string of the molecule is O=C(Nc1cccc2ccccc12)c1cnc(-c2ccccc2)[nH]c1=O. The fourth-order valence-corrected chi connectivity index (χ4v) is 2.82. The first-order valence-corrected chi connectivity index (χ1v) is 8.16. The highest BCUT2D eigenvalue weighted by Crippen LogP contribution is 2.23. The van der Waals surface area contributed by atoms with E-state index in [4.69, 9.17) is 0 Å². The van der Waals surface area contributed by atoms with E-state index in [-0.39, 0.29) is 5.56 Å². The minimum Gasteiger partial charge on any atom is -0.321 e. The maximum Gasteiger partial charge on any atom is 0.264 e. The maximum absolute atomic E-state index is 12.6. The zero-order valence-electron chi connectivity index (χ0n) is 13.8. The van der Waals surface area contributed by atoms with E-state index < -0.39 is 11.5 Å². The van der Waals surface area contributed by atoms with Crippen molar-refractivity contribution in [2.45, 2.75) is 0 Å². The van der Waals surface area contributed by atoms with E-state index in [1.54, 1.807) is 6.07 Å². The Kier molecular flexibility index (Phi) is 4.03.